The molecule has 4 heterocycles. The summed E-state index contributed by atoms with van der Waals surface area (Å²) in [5, 5.41) is 9.73. The lowest BCUT2D eigenvalue weighted by Crippen LogP contribution is -2.34. The monoisotopic (exact) mass is 504 g/mol. The van der Waals surface area contributed by atoms with Crippen LogP contribution in [0.4, 0.5) is 5.69 Å². The number of anilines is 1. The lowest BCUT2D eigenvalue weighted by atomic mass is 9.97. The Labute approximate surface area is 216 Å². The molecular formula is C27H32N6O4. The summed E-state index contributed by atoms with van der Waals surface area (Å²) in [5.41, 5.74) is 3.64. The van der Waals surface area contributed by atoms with E-state index in [1.165, 1.54) is 0 Å². The number of carbonyl (C=O) groups is 1. The van der Waals surface area contributed by atoms with Crippen molar-refractivity contribution < 1.29 is 19.0 Å². The van der Waals surface area contributed by atoms with Gasteiger partial charge in [-0.25, -0.2) is 15.0 Å². The zero-order chi connectivity index (χ0) is 25.6. The van der Waals surface area contributed by atoms with Crippen LogP contribution >= 0.6 is 0 Å². The molecule has 194 valence electrons. The molecule has 1 aromatic carbocycles. The molecule has 1 amide bonds. The summed E-state index contributed by atoms with van der Waals surface area (Å²) in [6, 6.07) is 11.3. The van der Waals surface area contributed by atoms with Gasteiger partial charge in [0.15, 0.2) is 5.82 Å². The molecule has 0 spiro atoms. The first-order valence-electron chi connectivity index (χ1n) is 12.6. The van der Waals surface area contributed by atoms with Crippen molar-refractivity contribution >= 4 is 11.6 Å². The fourth-order valence-electron chi connectivity index (χ4n) is 4.61. The molecule has 1 unspecified atom stereocenters. The number of pyridine rings is 1. The van der Waals surface area contributed by atoms with Gasteiger partial charge in [-0.3, -0.25) is 4.79 Å². The summed E-state index contributed by atoms with van der Waals surface area (Å²) in [5.74, 6) is 1.63. The number of hydrogen-bond donors (Lipinski definition) is 3. The Balaban J connectivity index is 1.51. The van der Waals surface area contributed by atoms with Crippen LogP contribution in [0, 0.1) is 5.92 Å². The van der Waals surface area contributed by atoms with Gasteiger partial charge in [0.05, 0.1) is 37.8 Å². The average molecular weight is 505 g/mol. The van der Waals surface area contributed by atoms with E-state index in [1.54, 1.807) is 26.5 Å². The lowest BCUT2D eigenvalue weighted by Gasteiger charge is -2.24. The fraction of sp³-hybridized carbons (Fsp3) is 0.407. The van der Waals surface area contributed by atoms with Crippen molar-refractivity contribution in [2.75, 3.05) is 52.3 Å². The molecule has 2 saturated heterocycles. The van der Waals surface area contributed by atoms with Gasteiger partial charge in [-0.15, -0.1) is 0 Å². The number of nitrogens with one attached hydrogen (secondary N) is 3. The second-order valence-electron chi connectivity index (χ2n) is 9.09. The molecule has 10 nitrogen and oxygen atoms in total. The smallest absolute Gasteiger partial charge is 0.227 e. The maximum Gasteiger partial charge on any atom is 0.227 e. The number of piperidine rings is 1. The number of benzene rings is 1. The Morgan fingerprint density at radius 1 is 1.05 bits per heavy atom. The quantitative estimate of drug-likeness (QED) is 0.446. The van der Waals surface area contributed by atoms with Crippen molar-refractivity contribution in [3.8, 4) is 34.3 Å². The molecule has 0 bridgehead atoms. The molecule has 2 aliphatic rings. The number of ether oxygens (including phenoxy) is 3. The number of carbonyl (C=O) groups excluding carboxylic acids is 1. The SMILES string of the molecule is COc1cc(OC)c(-c2cc(C3CNCCO3)nc(-c3cccc(NC(=O)C4CCNCC4)c3)n2)cn1. The lowest BCUT2D eigenvalue weighted by molar-refractivity contribution is -0.120. The van der Waals surface area contributed by atoms with Crippen LogP contribution in [-0.2, 0) is 9.53 Å². The first-order chi connectivity index (χ1) is 18.1. The number of morpholine rings is 1. The molecule has 3 aromatic rings. The van der Waals surface area contributed by atoms with Gasteiger partial charge in [0.25, 0.3) is 0 Å². The Morgan fingerprint density at radius 2 is 1.92 bits per heavy atom. The minimum atomic E-state index is -0.214. The number of nitrogens with zero attached hydrogens (tertiary/aromatic N) is 3. The maximum absolute atomic E-state index is 12.8. The van der Waals surface area contributed by atoms with Crippen molar-refractivity contribution in [1.29, 1.82) is 0 Å². The van der Waals surface area contributed by atoms with Crippen molar-refractivity contribution in [3.63, 3.8) is 0 Å². The molecule has 3 N–H and O–H groups in total. The van der Waals surface area contributed by atoms with Gasteiger partial charge in [-0.1, -0.05) is 12.1 Å². The number of hydrogen-bond acceptors (Lipinski definition) is 9. The maximum atomic E-state index is 12.8. The van der Waals surface area contributed by atoms with Crippen LogP contribution in [0.15, 0.2) is 42.6 Å². The molecule has 2 fully saturated rings. The molecule has 2 aromatic heterocycles. The van der Waals surface area contributed by atoms with E-state index in [-0.39, 0.29) is 17.9 Å². The third kappa shape index (κ3) is 5.87. The number of aromatic nitrogens is 3. The molecular weight excluding hydrogens is 472 g/mol. The summed E-state index contributed by atoms with van der Waals surface area (Å²) >= 11 is 0. The first kappa shape index (κ1) is 25.1. The largest absolute Gasteiger partial charge is 0.496 e. The summed E-state index contributed by atoms with van der Waals surface area (Å²) in [4.78, 5) is 26.9. The van der Waals surface area contributed by atoms with E-state index in [4.69, 9.17) is 24.2 Å². The highest BCUT2D eigenvalue weighted by Crippen LogP contribution is 2.34. The van der Waals surface area contributed by atoms with Crippen LogP contribution in [0.1, 0.15) is 24.6 Å². The normalized spacial score (nSPS) is 18.3. The average Bonchev–Trinajstić information content (AvgIpc) is 2.97. The van der Waals surface area contributed by atoms with Crippen LogP contribution < -0.4 is 25.4 Å². The van der Waals surface area contributed by atoms with Gasteiger partial charge < -0.3 is 30.2 Å². The predicted molar refractivity (Wildman–Crippen MR) is 140 cm³/mol. The van der Waals surface area contributed by atoms with Crippen LogP contribution in [0.3, 0.4) is 0 Å². The Kier molecular flexibility index (Phi) is 7.88. The van der Waals surface area contributed by atoms with Gasteiger partial charge in [-0.05, 0) is 44.1 Å². The molecule has 1 atom stereocenters. The summed E-state index contributed by atoms with van der Waals surface area (Å²) < 4.78 is 16.9. The Hall–Kier alpha value is -3.60. The molecule has 0 aliphatic carbocycles. The summed E-state index contributed by atoms with van der Waals surface area (Å²) in [7, 11) is 3.16. The van der Waals surface area contributed by atoms with Crippen molar-refractivity contribution in [2.45, 2.75) is 18.9 Å². The molecule has 2 aliphatic heterocycles. The molecule has 5 rings (SSSR count). The van der Waals surface area contributed by atoms with Gasteiger partial charge in [0.2, 0.25) is 11.8 Å². The summed E-state index contributed by atoms with van der Waals surface area (Å²) in [6.45, 7) is 3.79. The molecule has 0 saturated carbocycles. The van der Waals surface area contributed by atoms with Gasteiger partial charge in [-0.2, -0.15) is 0 Å². The van der Waals surface area contributed by atoms with Crippen molar-refractivity contribution in [2.24, 2.45) is 5.92 Å². The zero-order valence-electron chi connectivity index (χ0n) is 21.1. The van der Waals surface area contributed by atoms with Crippen LogP contribution in [0.2, 0.25) is 0 Å². The molecule has 10 heteroatoms. The zero-order valence-corrected chi connectivity index (χ0v) is 21.1. The van der Waals surface area contributed by atoms with Crippen LogP contribution in [0.5, 0.6) is 11.6 Å². The van der Waals surface area contributed by atoms with E-state index in [9.17, 15) is 4.79 Å². The van der Waals surface area contributed by atoms with Gasteiger partial charge in [0, 0.05) is 42.5 Å². The standard InChI is InChI=1S/C27H32N6O4/c1-35-23-14-25(36-2)30-15-20(23)21-13-22(24-16-29-10-11-37-24)33-26(32-21)18-4-3-5-19(12-18)31-27(34)17-6-8-28-9-7-17/h3-5,12-15,17,24,28-29H,6-11,16H2,1-2H3,(H,31,34). The van der Waals surface area contributed by atoms with E-state index in [0.717, 1.165) is 49.4 Å². The van der Waals surface area contributed by atoms with Gasteiger partial charge >= 0.3 is 0 Å². The van der Waals surface area contributed by atoms with E-state index in [0.29, 0.717) is 41.9 Å². The highest BCUT2D eigenvalue weighted by molar-refractivity contribution is 5.93. The van der Waals surface area contributed by atoms with E-state index in [2.05, 4.69) is 20.9 Å². The van der Waals surface area contributed by atoms with E-state index in [1.807, 2.05) is 30.3 Å². The highest BCUT2D eigenvalue weighted by Gasteiger charge is 2.23. The number of amides is 1. The first-order valence-corrected chi connectivity index (χ1v) is 12.6. The molecule has 37 heavy (non-hydrogen) atoms. The van der Waals surface area contributed by atoms with Crippen molar-refractivity contribution in [1.82, 2.24) is 25.6 Å². The number of methoxy groups -OCH3 is 2. The highest BCUT2D eigenvalue weighted by atomic mass is 16.5. The Morgan fingerprint density at radius 3 is 2.68 bits per heavy atom. The Bertz CT molecular complexity index is 1240. The summed E-state index contributed by atoms with van der Waals surface area (Å²) in [6.07, 6.45) is 3.15. The second-order valence-corrected chi connectivity index (χ2v) is 9.09. The second kappa shape index (κ2) is 11.6. The number of rotatable bonds is 7. The van der Waals surface area contributed by atoms with Crippen LogP contribution in [0.25, 0.3) is 22.6 Å². The van der Waals surface area contributed by atoms with Crippen LogP contribution in [-0.4, -0.2) is 67.9 Å². The van der Waals surface area contributed by atoms with E-state index < -0.39 is 0 Å². The third-order valence-corrected chi connectivity index (χ3v) is 6.65. The predicted octanol–water partition coefficient (Wildman–Crippen LogP) is 2.82. The minimum absolute atomic E-state index is 0.0158. The van der Waals surface area contributed by atoms with Crippen molar-refractivity contribution in [3.05, 3.63) is 48.3 Å². The van der Waals surface area contributed by atoms with E-state index >= 15 is 0 Å². The minimum Gasteiger partial charge on any atom is -0.496 e. The topological polar surface area (TPSA) is 120 Å². The van der Waals surface area contributed by atoms with Gasteiger partial charge in [0.1, 0.15) is 11.9 Å². The molecule has 0 radical (unpaired) electrons. The third-order valence-electron chi connectivity index (χ3n) is 6.65. The fourth-order valence-corrected chi connectivity index (χ4v) is 4.61.